The third kappa shape index (κ3) is 9.11. The molecule has 2 aromatic carbocycles. The molecule has 3 saturated heterocycles. The number of nitrogens with zero attached hydrogens (tertiary/aromatic N) is 5. The Morgan fingerprint density at radius 2 is 1.55 bits per heavy atom. The number of rotatable bonds is 11. The summed E-state index contributed by atoms with van der Waals surface area (Å²) < 4.78 is 54.7. The first kappa shape index (κ1) is 47.9. The van der Waals surface area contributed by atoms with Gasteiger partial charge in [0.25, 0.3) is 0 Å². The van der Waals surface area contributed by atoms with Gasteiger partial charge < -0.3 is 49.3 Å². The molecule has 0 aliphatic carbocycles. The van der Waals surface area contributed by atoms with Gasteiger partial charge in [0.05, 0.1) is 73.1 Å². The Balaban J connectivity index is 0.945. The van der Waals surface area contributed by atoms with E-state index in [-0.39, 0.29) is 43.7 Å². The molecule has 17 nitrogen and oxygen atoms in total. The predicted octanol–water partition coefficient (Wildman–Crippen LogP) is 8.46. The molecule has 0 radical (unpaired) electrons. The highest BCUT2D eigenvalue weighted by Crippen LogP contribution is 2.48. The molecule has 0 spiro atoms. The molecule has 3 fully saturated rings. The Hall–Kier alpha value is -6.80. The number of alkyl carbamates (subject to hydrolysis) is 2. The van der Waals surface area contributed by atoms with Crippen LogP contribution in [0.2, 0.25) is 0 Å². The van der Waals surface area contributed by atoms with Crippen LogP contribution in [0.1, 0.15) is 84.8 Å². The van der Waals surface area contributed by atoms with Crippen LogP contribution in [0, 0.1) is 25.7 Å². The molecule has 6 aromatic rings. The number of aryl methyl sites for hydroxylation is 2. The molecule has 20 heteroatoms. The van der Waals surface area contributed by atoms with Gasteiger partial charge in [0.1, 0.15) is 41.8 Å². The van der Waals surface area contributed by atoms with Crippen molar-refractivity contribution in [2.75, 3.05) is 40.5 Å². The van der Waals surface area contributed by atoms with E-state index in [1.54, 1.807) is 37.6 Å². The number of ether oxygens (including phenoxy) is 4. The van der Waals surface area contributed by atoms with Crippen LogP contribution in [0.4, 0.5) is 18.4 Å². The summed E-state index contributed by atoms with van der Waals surface area (Å²) in [4.78, 5) is 73.9. The maximum absolute atomic E-state index is 15.3. The Bertz CT molecular complexity index is 2980. The number of halogens is 2. The van der Waals surface area contributed by atoms with Crippen molar-refractivity contribution in [1.82, 2.24) is 44.9 Å². The third-order valence-electron chi connectivity index (χ3n) is 14.3. The lowest BCUT2D eigenvalue weighted by Crippen LogP contribution is -2.53. The number of amides is 4. The molecule has 0 saturated carbocycles. The quantitative estimate of drug-likeness (QED) is 0.0977. The summed E-state index contributed by atoms with van der Waals surface area (Å²) in [7, 11) is 2.47. The van der Waals surface area contributed by atoms with E-state index in [0.717, 1.165) is 43.7 Å². The lowest BCUT2D eigenvalue weighted by Gasteiger charge is -2.34. The van der Waals surface area contributed by atoms with Gasteiger partial charge in [-0.2, -0.15) is 0 Å². The van der Waals surface area contributed by atoms with Crippen LogP contribution in [-0.4, -0.2) is 123 Å². The van der Waals surface area contributed by atoms with Gasteiger partial charge in [-0.3, -0.25) is 14.2 Å². The number of fused-ring (bicyclic) bond motifs is 5. The number of H-pyrrole nitrogens is 2. The number of hydrogen-bond donors (Lipinski definition) is 4. The summed E-state index contributed by atoms with van der Waals surface area (Å²) in [5.41, 5.74) is 6.78. The van der Waals surface area contributed by atoms with Crippen molar-refractivity contribution >= 4 is 46.2 Å². The standard InChI is InChI=1S/C51H57F2N9O8S/c1-25(2)43(58-50(65)67-5)47(63)60-23-32(52)19-39(60)45-55-22-36(57-45)30-7-9-34-38-17-31-16-29(8-10-37(31)62(38)49(70-41(34)18-30)42-15-26(3)27(4)71-42)35-21-54-46(56-35)40-20-33(53)24-61(40)48(64)44(59-51(66)68-6)28-11-13-69-14-12-28/h7-10,15-18,21-22,25,28,32-33,39-40,43-44,49H,11-14,19-20,23-24H2,1-6H3,(H,54,56)(H,55,57)(H,58,65)(H,59,66)/t32-,33-,39+,40+,43+,44+,49?/m1/s1. The van der Waals surface area contributed by atoms with Gasteiger partial charge in [0.2, 0.25) is 18.0 Å². The molecule has 0 bridgehead atoms. The second kappa shape index (κ2) is 19.4. The minimum Gasteiger partial charge on any atom is -0.464 e. The molecule has 10 rings (SSSR count). The van der Waals surface area contributed by atoms with Crippen molar-refractivity contribution in [3.8, 4) is 39.5 Å². The number of likely N-dealkylation sites (tertiary alicyclic amines) is 2. The first-order chi connectivity index (χ1) is 34.2. The van der Waals surface area contributed by atoms with Crippen LogP contribution in [0.3, 0.4) is 0 Å². The fourth-order valence-electron chi connectivity index (χ4n) is 10.5. The normalized spacial score (nSPS) is 22.0. The van der Waals surface area contributed by atoms with E-state index < -0.39 is 60.8 Å². The van der Waals surface area contributed by atoms with Crippen molar-refractivity contribution in [2.45, 2.75) is 96.1 Å². The highest BCUT2D eigenvalue weighted by atomic mass is 32.1. The zero-order chi connectivity index (χ0) is 49.8. The Morgan fingerprint density at radius 3 is 2.24 bits per heavy atom. The number of benzene rings is 2. The lowest BCUT2D eigenvalue weighted by atomic mass is 9.90. The van der Waals surface area contributed by atoms with Gasteiger partial charge >= 0.3 is 12.2 Å². The second-order valence-corrected chi connectivity index (χ2v) is 20.5. The van der Waals surface area contributed by atoms with Crippen molar-refractivity contribution in [2.24, 2.45) is 11.8 Å². The van der Waals surface area contributed by atoms with Crippen molar-refractivity contribution in [3.63, 3.8) is 0 Å². The molecule has 4 N–H and O–H groups in total. The van der Waals surface area contributed by atoms with Crippen molar-refractivity contribution in [1.29, 1.82) is 0 Å². The Kier molecular flexibility index (Phi) is 13.1. The van der Waals surface area contributed by atoms with E-state index in [0.29, 0.717) is 54.8 Å². The van der Waals surface area contributed by atoms with Gasteiger partial charge in [-0.1, -0.05) is 26.0 Å². The summed E-state index contributed by atoms with van der Waals surface area (Å²) in [5.74, 6) is 0.274. The number of aromatic amines is 2. The van der Waals surface area contributed by atoms with Gasteiger partial charge in [0.15, 0.2) is 0 Å². The molecule has 1 unspecified atom stereocenters. The monoisotopic (exact) mass is 993 g/mol. The van der Waals surface area contributed by atoms with E-state index in [2.05, 4.69) is 62.2 Å². The van der Waals surface area contributed by atoms with Crippen LogP contribution < -0.4 is 15.4 Å². The van der Waals surface area contributed by atoms with Gasteiger partial charge in [-0.05, 0) is 80.5 Å². The van der Waals surface area contributed by atoms with E-state index in [9.17, 15) is 19.2 Å². The van der Waals surface area contributed by atoms with Crippen LogP contribution in [0.5, 0.6) is 5.75 Å². The molecule has 4 aliphatic heterocycles. The summed E-state index contributed by atoms with van der Waals surface area (Å²) >= 11 is 1.67. The fourth-order valence-corrected chi connectivity index (χ4v) is 11.6. The molecule has 4 aliphatic rings. The van der Waals surface area contributed by atoms with Crippen LogP contribution in [0.15, 0.2) is 60.9 Å². The van der Waals surface area contributed by atoms with Crippen LogP contribution in [0.25, 0.3) is 44.7 Å². The predicted molar refractivity (Wildman–Crippen MR) is 260 cm³/mol. The molecular formula is C51H57F2N9O8S. The number of imidazole rings is 2. The Morgan fingerprint density at radius 1 is 0.859 bits per heavy atom. The van der Waals surface area contributed by atoms with Crippen LogP contribution in [-0.2, 0) is 23.8 Å². The summed E-state index contributed by atoms with van der Waals surface area (Å²) in [5, 5.41) is 6.27. The van der Waals surface area contributed by atoms with Gasteiger partial charge in [-0.15, -0.1) is 11.3 Å². The van der Waals surface area contributed by atoms with E-state index in [1.165, 1.54) is 28.9 Å². The smallest absolute Gasteiger partial charge is 0.407 e. The number of carbonyl (C=O) groups excluding carboxylic acids is 4. The minimum atomic E-state index is -1.27. The molecule has 7 atom stereocenters. The Labute approximate surface area is 412 Å². The average molecular weight is 994 g/mol. The largest absolute Gasteiger partial charge is 0.464 e. The maximum atomic E-state index is 15.3. The molecule has 71 heavy (non-hydrogen) atoms. The molecular weight excluding hydrogens is 937 g/mol. The first-order valence-electron chi connectivity index (χ1n) is 24.0. The average Bonchev–Trinajstić information content (AvgIpc) is 4.25. The number of carbonyl (C=O) groups is 4. The fraction of sp³-hybridized carbons (Fsp3) is 0.451. The summed E-state index contributed by atoms with van der Waals surface area (Å²) in [6.45, 7) is 8.46. The molecule has 374 valence electrons. The zero-order valence-electron chi connectivity index (χ0n) is 40.3. The highest BCUT2D eigenvalue weighted by Gasteiger charge is 2.44. The first-order valence-corrected chi connectivity index (χ1v) is 24.8. The topological polar surface area (TPSA) is 198 Å². The molecule has 4 amide bonds. The van der Waals surface area contributed by atoms with Gasteiger partial charge in [-0.25, -0.2) is 28.3 Å². The maximum Gasteiger partial charge on any atom is 0.407 e. The summed E-state index contributed by atoms with van der Waals surface area (Å²) in [6, 6.07) is 13.2. The SMILES string of the molecule is COC(=O)N[C@H](C(=O)N1C[C@H](F)C[C@H]1c1ncc(-c2ccc3c(c2)OC(c2cc(C)c(C)s2)n2c-3cc3cc(-c4c[nH]c([C@@H]5C[C@@H](F)CN5C(=O)[C@@H](NC(=O)OC)C5CCOCC5)n4)ccc32)[nH]1)C(C)C. The zero-order valence-corrected chi connectivity index (χ0v) is 41.1. The van der Waals surface area contributed by atoms with E-state index >= 15 is 8.78 Å². The number of nitrogens with one attached hydrogen (secondary N) is 4. The molecule has 8 heterocycles. The number of hydrogen-bond acceptors (Lipinski definition) is 11. The number of thiophene rings is 1. The van der Waals surface area contributed by atoms with Crippen molar-refractivity contribution in [3.05, 3.63) is 87.9 Å². The molecule has 4 aromatic heterocycles. The van der Waals surface area contributed by atoms with E-state index in [4.69, 9.17) is 23.9 Å². The van der Waals surface area contributed by atoms with Crippen LogP contribution >= 0.6 is 11.3 Å². The second-order valence-electron chi connectivity index (χ2n) is 19.2. The van der Waals surface area contributed by atoms with Crippen molar-refractivity contribution < 1.29 is 46.9 Å². The number of alkyl halides is 2. The highest BCUT2D eigenvalue weighted by molar-refractivity contribution is 7.12. The number of methoxy groups -OCH3 is 2. The minimum absolute atomic E-state index is 0.0544. The summed E-state index contributed by atoms with van der Waals surface area (Å²) in [6.07, 6.45) is 0.185. The third-order valence-corrected chi connectivity index (χ3v) is 15.5. The van der Waals surface area contributed by atoms with E-state index in [1.807, 2.05) is 30.3 Å². The van der Waals surface area contributed by atoms with Gasteiger partial charge in [0, 0.05) is 59.2 Å². The number of aromatic nitrogens is 5. The lowest BCUT2D eigenvalue weighted by molar-refractivity contribution is -0.137.